The highest BCUT2D eigenvalue weighted by Gasteiger charge is 2.33. The van der Waals surface area contributed by atoms with Crippen molar-refractivity contribution in [2.75, 3.05) is 50.0 Å². The standard InChI is InChI=1S/C18H21N5O2S/c1-12-16-13(11-26-12)18(25)20-14-4-3-5-19-17(14)23(16)15(24)10-22-8-6-21(2)7-9-22/h3-5,11H,6-10H2,1-2H3,(H,20,25). The first-order chi connectivity index (χ1) is 12.5. The monoisotopic (exact) mass is 371 g/mol. The Morgan fingerprint density at radius 2 is 2.08 bits per heavy atom. The van der Waals surface area contributed by atoms with Crippen molar-refractivity contribution in [3.05, 3.63) is 34.2 Å². The van der Waals surface area contributed by atoms with E-state index < -0.39 is 0 Å². The van der Waals surface area contributed by atoms with Gasteiger partial charge < -0.3 is 10.2 Å². The predicted octanol–water partition coefficient (Wildman–Crippen LogP) is 1.93. The average Bonchev–Trinajstić information content (AvgIpc) is 2.94. The van der Waals surface area contributed by atoms with Gasteiger partial charge in [-0.1, -0.05) is 0 Å². The van der Waals surface area contributed by atoms with Crippen LogP contribution in [0.4, 0.5) is 17.2 Å². The molecule has 0 radical (unpaired) electrons. The molecule has 26 heavy (non-hydrogen) atoms. The topological polar surface area (TPSA) is 68.8 Å². The van der Waals surface area contributed by atoms with Crippen molar-refractivity contribution in [1.29, 1.82) is 0 Å². The third kappa shape index (κ3) is 3.00. The third-order valence-electron chi connectivity index (χ3n) is 4.86. The molecule has 0 saturated carbocycles. The fourth-order valence-electron chi connectivity index (χ4n) is 3.37. The number of fused-ring (bicyclic) bond motifs is 2. The molecule has 4 rings (SSSR count). The van der Waals surface area contributed by atoms with Gasteiger partial charge >= 0.3 is 0 Å². The number of likely N-dealkylation sites (N-methyl/N-ethyl adjacent to an activating group) is 1. The Bertz CT molecular complexity index is 857. The zero-order valence-electron chi connectivity index (χ0n) is 14.9. The van der Waals surface area contributed by atoms with Crippen molar-refractivity contribution < 1.29 is 9.59 Å². The number of hydrogen-bond donors (Lipinski definition) is 1. The van der Waals surface area contributed by atoms with E-state index in [0.29, 0.717) is 29.3 Å². The summed E-state index contributed by atoms with van der Waals surface area (Å²) < 4.78 is 0. The van der Waals surface area contributed by atoms with Crippen LogP contribution in [-0.4, -0.2) is 66.4 Å². The van der Waals surface area contributed by atoms with E-state index in [2.05, 4.69) is 27.1 Å². The number of rotatable bonds is 2. The van der Waals surface area contributed by atoms with Crippen molar-refractivity contribution in [3.63, 3.8) is 0 Å². The fraction of sp³-hybridized carbons (Fsp3) is 0.389. The summed E-state index contributed by atoms with van der Waals surface area (Å²) in [6.45, 7) is 5.86. The van der Waals surface area contributed by atoms with Gasteiger partial charge in [0.2, 0.25) is 5.91 Å². The SMILES string of the molecule is Cc1scc2c1N(C(=O)CN1CCN(C)CC1)c1ncccc1NC2=O. The van der Waals surface area contributed by atoms with Gasteiger partial charge in [0, 0.05) is 42.6 Å². The molecule has 0 unspecified atom stereocenters. The minimum Gasteiger partial charge on any atom is -0.319 e. The molecule has 2 amide bonds. The normalized spacial score (nSPS) is 18.1. The highest BCUT2D eigenvalue weighted by Crippen LogP contribution is 2.41. The number of hydrogen-bond acceptors (Lipinski definition) is 6. The summed E-state index contributed by atoms with van der Waals surface area (Å²) >= 11 is 1.47. The molecule has 7 nitrogen and oxygen atoms in total. The molecule has 0 aliphatic carbocycles. The Hall–Kier alpha value is -2.29. The largest absolute Gasteiger partial charge is 0.319 e. The second kappa shape index (κ2) is 6.79. The van der Waals surface area contributed by atoms with Crippen LogP contribution < -0.4 is 10.2 Å². The van der Waals surface area contributed by atoms with Gasteiger partial charge in [-0.2, -0.15) is 0 Å². The second-order valence-corrected chi connectivity index (χ2v) is 7.78. The zero-order chi connectivity index (χ0) is 18.3. The van der Waals surface area contributed by atoms with E-state index in [1.54, 1.807) is 23.2 Å². The lowest BCUT2D eigenvalue weighted by Crippen LogP contribution is -2.48. The van der Waals surface area contributed by atoms with Gasteiger partial charge in [-0.25, -0.2) is 4.98 Å². The van der Waals surface area contributed by atoms with Gasteiger partial charge in [0.1, 0.15) is 0 Å². The molecule has 1 N–H and O–H groups in total. The molecule has 0 spiro atoms. The smallest absolute Gasteiger partial charge is 0.258 e. The Kier molecular flexibility index (Phi) is 4.47. The Morgan fingerprint density at radius 3 is 2.85 bits per heavy atom. The quantitative estimate of drug-likeness (QED) is 0.874. The average molecular weight is 371 g/mol. The van der Waals surface area contributed by atoms with Crippen molar-refractivity contribution in [2.24, 2.45) is 0 Å². The summed E-state index contributed by atoms with van der Waals surface area (Å²) in [5.41, 5.74) is 1.74. The number of aryl methyl sites for hydroxylation is 1. The van der Waals surface area contributed by atoms with Crippen molar-refractivity contribution in [2.45, 2.75) is 6.92 Å². The van der Waals surface area contributed by atoms with E-state index in [4.69, 9.17) is 0 Å². The van der Waals surface area contributed by atoms with Gasteiger partial charge in [0.25, 0.3) is 5.91 Å². The van der Waals surface area contributed by atoms with Crippen LogP contribution in [0.15, 0.2) is 23.7 Å². The molecule has 0 aromatic carbocycles. The van der Waals surface area contributed by atoms with Gasteiger partial charge in [0.15, 0.2) is 5.82 Å². The lowest BCUT2D eigenvalue weighted by molar-refractivity contribution is -0.119. The Labute approximate surface area is 156 Å². The number of piperazine rings is 1. The van der Waals surface area contributed by atoms with Crippen LogP contribution in [0, 0.1) is 6.92 Å². The van der Waals surface area contributed by atoms with Crippen LogP contribution in [-0.2, 0) is 4.79 Å². The molecule has 0 atom stereocenters. The number of carbonyl (C=O) groups is 2. The van der Waals surface area contributed by atoms with Gasteiger partial charge in [-0.15, -0.1) is 11.3 Å². The number of pyridine rings is 1. The molecule has 136 valence electrons. The van der Waals surface area contributed by atoms with E-state index in [0.717, 1.165) is 31.1 Å². The second-order valence-electron chi connectivity index (χ2n) is 6.69. The molecule has 2 aliphatic rings. The minimum absolute atomic E-state index is 0.0613. The molecule has 4 heterocycles. The maximum Gasteiger partial charge on any atom is 0.258 e. The van der Waals surface area contributed by atoms with E-state index in [-0.39, 0.29) is 11.8 Å². The zero-order valence-corrected chi connectivity index (χ0v) is 15.7. The molecular formula is C18H21N5O2S. The molecule has 1 fully saturated rings. The number of thiophene rings is 1. The molecular weight excluding hydrogens is 350 g/mol. The van der Waals surface area contributed by atoms with Crippen LogP contribution in [0.1, 0.15) is 15.2 Å². The summed E-state index contributed by atoms with van der Waals surface area (Å²) in [6.07, 6.45) is 1.65. The summed E-state index contributed by atoms with van der Waals surface area (Å²) in [5.74, 6) is 0.225. The maximum atomic E-state index is 13.3. The molecule has 1 saturated heterocycles. The summed E-state index contributed by atoms with van der Waals surface area (Å²) in [5, 5.41) is 4.68. The van der Waals surface area contributed by atoms with Gasteiger partial charge in [0.05, 0.1) is 23.5 Å². The van der Waals surface area contributed by atoms with Crippen LogP contribution >= 0.6 is 11.3 Å². The van der Waals surface area contributed by atoms with Crippen molar-refractivity contribution >= 4 is 40.3 Å². The number of anilines is 3. The molecule has 2 aliphatic heterocycles. The lowest BCUT2D eigenvalue weighted by atomic mass is 10.2. The minimum atomic E-state index is -0.200. The van der Waals surface area contributed by atoms with E-state index in [9.17, 15) is 9.59 Å². The van der Waals surface area contributed by atoms with Crippen molar-refractivity contribution in [1.82, 2.24) is 14.8 Å². The summed E-state index contributed by atoms with van der Waals surface area (Å²) in [6, 6.07) is 3.54. The highest BCUT2D eigenvalue weighted by molar-refractivity contribution is 7.10. The van der Waals surface area contributed by atoms with E-state index in [1.165, 1.54) is 11.3 Å². The molecule has 8 heteroatoms. The highest BCUT2D eigenvalue weighted by atomic mass is 32.1. The van der Waals surface area contributed by atoms with Crippen LogP contribution in [0.5, 0.6) is 0 Å². The Morgan fingerprint density at radius 1 is 1.31 bits per heavy atom. The van der Waals surface area contributed by atoms with Crippen LogP contribution in [0.3, 0.4) is 0 Å². The predicted molar refractivity (Wildman–Crippen MR) is 102 cm³/mol. The summed E-state index contributed by atoms with van der Waals surface area (Å²) in [4.78, 5) is 37.2. The molecule has 0 bridgehead atoms. The van der Waals surface area contributed by atoms with Gasteiger partial charge in [-0.3, -0.25) is 19.4 Å². The number of amides is 2. The first kappa shape index (κ1) is 17.1. The Balaban J connectivity index is 1.72. The molecule has 2 aromatic rings. The first-order valence-electron chi connectivity index (χ1n) is 8.63. The number of aromatic nitrogens is 1. The van der Waals surface area contributed by atoms with Crippen LogP contribution in [0.25, 0.3) is 0 Å². The lowest BCUT2D eigenvalue weighted by Gasteiger charge is -2.33. The number of carbonyl (C=O) groups excluding carboxylic acids is 2. The first-order valence-corrected chi connectivity index (χ1v) is 9.51. The van der Waals surface area contributed by atoms with Gasteiger partial charge in [-0.05, 0) is 26.1 Å². The third-order valence-corrected chi connectivity index (χ3v) is 5.76. The fourth-order valence-corrected chi connectivity index (χ4v) is 4.19. The summed E-state index contributed by atoms with van der Waals surface area (Å²) in [7, 11) is 2.09. The maximum absolute atomic E-state index is 13.3. The van der Waals surface area contributed by atoms with E-state index in [1.807, 2.05) is 12.3 Å². The van der Waals surface area contributed by atoms with Crippen molar-refractivity contribution in [3.8, 4) is 0 Å². The number of nitrogens with one attached hydrogen (secondary N) is 1. The number of nitrogens with zero attached hydrogens (tertiary/aromatic N) is 4. The molecule has 2 aromatic heterocycles. The van der Waals surface area contributed by atoms with E-state index >= 15 is 0 Å². The van der Waals surface area contributed by atoms with Crippen LogP contribution in [0.2, 0.25) is 0 Å².